The predicted molar refractivity (Wildman–Crippen MR) is 46.2 cm³/mol. The van der Waals surface area contributed by atoms with Crippen LogP contribution < -0.4 is 0 Å². The molecule has 4 atom stereocenters. The summed E-state index contributed by atoms with van der Waals surface area (Å²) in [5.41, 5.74) is 0. The Morgan fingerprint density at radius 3 is 2.36 bits per heavy atom. The summed E-state index contributed by atoms with van der Waals surface area (Å²) < 4.78 is 13.0. The molecule has 1 saturated carbocycles. The monoisotopic (exact) mass is 158 g/mol. The first-order chi connectivity index (χ1) is 5.11. The molecule has 11 heavy (non-hydrogen) atoms. The number of hydrogen-bond acceptors (Lipinski definition) is 0. The fraction of sp³-hybridized carbons (Fsp3) is 1.00. The van der Waals surface area contributed by atoms with Crippen molar-refractivity contribution in [3.63, 3.8) is 0 Å². The summed E-state index contributed by atoms with van der Waals surface area (Å²) in [4.78, 5) is 0. The zero-order chi connectivity index (χ0) is 8.43. The van der Waals surface area contributed by atoms with Crippen molar-refractivity contribution >= 4 is 0 Å². The van der Waals surface area contributed by atoms with E-state index in [2.05, 4.69) is 13.8 Å². The average Bonchev–Trinajstić information content (AvgIpc) is 1.85. The molecule has 0 spiro atoms. The molecule has 1 fully saturated rings. The summed E-state index contributed by atoms with van der Waals surface area (Å²) in [5, 5.41) is 0. The zero-order valence-corrected chi connectivity index (χ0v) is 7.81. The Bertz CT molecular complexity index is 120. The molecule has 0 aromatic rings. The first kappa shape index (κ1) is 9.02. The highest BCUT2D eigenvalue weighted by Gasteiger charge is 2.28. The third-order valence-electron chi connectivity index (χ3n) is 3.09. The van der Waals surface area contributed by atoms with Gasteiger partial charge in [-0.15, -0.1) is 0 Å². The van der Waals surface area contributed by atoms with Gasteiger partial charge in [-0.3, -0.25) is 0 Å². The second-order valence-corrected chi connectivity index (χ2v) is 4.24. The molecule has 0 N–H and O–H groups in total. The highest BCUT2D eigenvalue weighted by atomic mass is 19.1. The van der Waals surface area contributed by atoms with Gasteiger partial charge in [0.05, 0.1) is 0 Å². The molecular formula is C10H19F. The summed E-state index contributed by atoms with van der Waals surface area (Å²) in [5.74, 6) is 1.75. The predicted octanol–water partition coefficient (Wildman–Crippen LogP) is 3.42. The van der Waals surface area contributed by atoms with Crippen molar-refractivity contribution in [2.45, 2.75) is 46.2 Å². The molecule has 0 aliphatic heterocycles. The Morgan fingerprint density at radius 1 is 1.27 bits per heavy atom. The molecule has 1 aliphatic rings. The van der Waals surface area contributed by atoms with E-state index >= 15 is 0 Å². The van der Waals surface area contributed by atoms with Crippen molar-refractivity contribution < 1.29 is 4.39 Å². The van der Waals surface area contributed by atoms with E-state index < -0.39 is 6.17 Å². The first-order valence-electron chi connectivity index (χ1n) is 4.75. The Hall–Kier alpha value is -0.0700. The van der Waals surface area contributed by atoms with Gasteiger partial charge in [0.2, 0.25) is 0 Å². The van der Waals surface area contributed by atoms with E-state index in [1.54, 1.807) is 6.92 Å². The summed E-state index contributed by atoms with van der Waals surface area (Å²) >= 11 is 0. The van der Waals surface area contributed by atoms with Crippen LogP contribution in [-0.2, 0) is 0 Å². The molecule has 0 aromatic carbocycles. The quantitative estimate of drug-likeness (QED) is 0.548. The topological polar surface area (TPSA) is 0 Å². The Morgan fingerprint density at radius 2 is 1.91 bits per heavy atom. The van der Waals surface area contributed by atoms with Crippen molar-refractivity contribution in [1.82, 2.24) is 0 Å². The van der Waals surface area contributed by atoms with Crippen LogP contribution in [0.4, 0.5) is 4.39 Å². The van der Waals surface area contributed by atoms with Gasteiger partial charge in [-0.25, -0.2) is 4.39 Å². The highest BCUT2D eigenvalue weighted by molar-refractivity contribution is 4.78. The van der Waals surface area contributed by atoms with Gasteiger partial charge in [0.15, 0.2) is 0 Å². The van der Waals surface area contributed by atoms with Gasteiger partial charge < -0.3 is 0 Å². The van der Waals surface area contributed by atoms with Crippen molar-refractivity contribution in [1.29, 1.82) is 0 Å². The van der Waals surface area contributed by atoms with Gasteiger partial charge in [-0.05, 0) is 37.5 Å². The molecule has 0 heterocycles. The normalized spacial score (nSPS) is 42.0. The number of halogens is 1. The summed E-state index contributed by atoms with van der Waals surface area (Å²) in [6, 6.07) is 0. The second kappa shape index (κ2) is 3.55. The van der Waals surface area contributed by atoms with Crippen LogP contribution in [0.1, 0.15) is 40.0 Å². The molecule has 0 aromatic heterocycles. The third-order valence-corrected chi connectivity index (χ3v) is 3.09. The van der Waals surface area contributed by atoms with Gasteiger partial charge >= 0.3 is 0 Å². The van der Waals surface area contributed by atoms with Crippen LogP contribution in [0.3, 0.4) is 0 Å². The average molecular weight is 158 g/mol. The summed E-state index contributed by atoms with van der Waals surface area (Å²) in [6.07, 6.45) is 2.94. The lowest BCUT2D eigenvalue weighted by molar-refractivity contribution is 0.118. The van der Waals surface area contributed by atoms with E-state index in [-0.39, 0.29) is 0 Å². The van der Waals surface area contributed by atoms with Crippen molar-refractivity contribution in [2.24, 2.45) is 17.8 Å². The molecule has 1 aliphatic carbocycles. The standard InChI is InChI=1S/C10H19F/c1-7-4-5-10(9(3)11)8(2)6-7/h7-10H,4-6H2,1-3H3. The van der Waals surface area contributed by atoms with Gasteiger partial charge in [0.25, 0.3) is 0 Å². The molecule has 4 unspecified atom stereocenters. The Kier molecular flexibility index (Phi) is 2.91. The lowest BCUT2D eigenvalue weighted by Gasteiger charge is -2.33. The molecule has 0 nitrogen and oxygen atoms in total. The van der Waals surface area contributed by atoms with Crippen LogP contribution in [0.2, 0.25) is 0 Å². The van der Waals surface area contributed by atoms with E-state index in [4.69, 9.17) is 0 Å². The molecule has 0 radical (unpaired) electrons. The zero-order valence-electron chi connectivity index (χ0n) is 7.81. The lowest BCUT2D eigenvalue weighted by Crippen LogP contribution is -2.27. The minimum absolute atomic E-state index is 0.339. The maximum atomic E-state index is 13.0. The van der Waals surface area contributed by atoms with Crippen molar-refractivity contribution in [3.8, 4) is 0 Å². The first-order valence-corrected chi connectivity index (χ1v) is 4.75. The summed E-state index contributed by atoms with van der Waals surface area (Å²) in [6.45, 7) is 6.17. The third kappa shape index (κ3) is 2.18. The molecule has 0 saturated heterocycles. The van der Waals surface area contributed by atoms with E-state index in [1.807, 2.05) is 0 Å². The Labute approximate surface area is 69.2 Å². The van der Waals surface area contributed by atoms with Gasteiger partial charge in [-0.1, -0.05) is 20.3 Å². The molecule has 1 rings (SSSR count). The smallest absolute Gasteiger partial charge is 0.100 e. The number of hydrogen-bond donors (Lipinski definition) is 0. The molecule has 0 amide bonds. The van der Waals surface area contributed by atoms with Crippen LogP contribution in [-0.4, -0.2) is 6.17 Å². The molecule has 1 heteroatoms. The van der Waals surface area contributed by atoms with Gasteiger partial charge in [0, 0.05) is 0 Å². The van der Waals surface area contributed by atoms with E-state index in [1.165, 1.54) is 12.8 Å². The molecule has 0 bridgehead atoms. The van der Waals surface area contributed by atoms with Crippen LogP contribution in [0, 0.1) is 17.8 Å². The van der Waals surface area contributed by atoms with Crippen molar-refractivity contribution in [3.05, 3.63) is 0 Å². The minimum atomic E-state index is -0.600. The second-order valence-electron chi connectivity index (χ2n) is 4.24. The summed E-state index contributed by atoms with van der Waals surface area (Å²) in [7, 11) is 0. The SMILES string of the molecule is CC1CCC(C(C)F)C(C)C1. The lowest BCUT2D eigenvalue weighted by atomic mass is 9.74. The van der Waals surface area contributed by atoms with E-state index in [9.17, 15) is 4.39 Å². The highest BCUT2D eigenvalue weighted by Crippen LogP contribution is 2.36. The van der Waals surface area contributed by atoms with Crippen LogP contribution in [0.15, 0.2) is 0 Å². The van der Waals surface area contributed by atoms with E-state index in [0.29, 0.717) is 11.8 Å². The van der Waals surface area contributed by atoms with Crippen LogP contribution in [0.25, 0.3) is 0 Å². The maximum Gasteiger partial charge on any atom is 0.100 e. The van der Waals surface area contributed by atoms with E-state index in [0.717, 1.165) is 12.3 Å². The molecular weight excluding hydrogens is 139 g/mol. The minimum Gasteiger partial charge on any atom is -0.247 e. The fourth-order valence-corrected chi connectivity index (χ4v) is 2.37. The van der Waals surface area contributed by atoms with Gasteiger partial charge in [0.1, 0.15) is 6.17 Å². The van der Waals surface area contributed by atoms with Crippen molar-refractivity contribution in [2.75, 3.05) is 0 Å². The maximum absolute atomic E-state index is 13.0. The van der Waals surface area contributed by atoms with Crippen LogP contribution >= 0.6 is 0 Å². The van der Waals surface area contributed by atoms with Gasteiger partial charge in [-0.2, -0.15) is 0 Å². The molecule has 66 valence electrons. The largest absolute Gasteiger partial charge is 0.247 e. The van der Waals surface area contributed by atoms with Crippen LogP contribution in [0.5, 0.6) is 0 Å². The Balaban J connectivity index is 2.44. The number of rotatable bonds is 1. The fourth-order valence-electron chi connectivity index (χ4n) is 2.37. The number of alkyl halides is 1.